The van der Waals surface area contributed by atoms with Crippen LogP contribution in [0.1, 0.15) is 21.0 Å². The molecule has 33 heavy (non-hydrogen) atoms. The van der Waals surface area contributed by atoms with E-state index in [1.54, 1.807) is 14.1 Å². The fraction of sp³-hybridized carbons (Fsp3) is 0.0909. The second kappa shape index (κ2) is 12.3. The molecule has 0 radical (unpaired) electrons. The first kappa shape index (κ1) is 27.8. The molecule has 0 aliphatic carbocycles. The van der Waals surface area contributed by atoms with Gasteiger partial charge in [-0.1, -0.05) is 24.3 Å². The number of aromatic nitrogens is 4. The van der Waals surface area contributed by atoms with Gasteiger partial charge in [0.2, 0.25) is 0 Å². The molecule has 11 heteroatoms. The number of hydrogen-bond acceptors (Lipinski definition) is 6. The Hall–Kier alpha value is -1.48. The number of carbonyl (C=O) groups excluding carboxylic acids is 2. The number of carboxylic acids is 2. The third-order valence-corrected chi connectivity index (χ3v) is 5.76. The number of aryl methyl sites for hydroxylation is 2. The van der Waals surface area contributed by atoms with Gasteiger partial charge in [-0.05, 0) is 81.6 Å². The van der Waals surface area contributed by atoms with E-state index in [-0.39, 0.29) is 49.1 Å². The minimum absolute atomic E-state index is 0. The quantitative estimate of drug-likeness (QED) is 0.238. The number of benzene rings is 2. The Morgan fingerprint density at radius 3 is 1.36 bits per heavy atom. The van der Waals surface area contributed by atoms with Gasteiger partial charge in [0.05, 0.1) is 34.7 Å². The van der Waals surface area contributed by atoms with E-state index in [1.165, 1.54) is 21.5 Å². The van der Waals surface area contributed by atoms with Crippen molar-refractivity contribution in [2.45, 2.75) is 0 Å². The predicted octanol–water partition coefficient (Wildman–Crippen LogP) is 1.73. The molecule has 0 fully saturated rings. The number of halogens is 2. The summed E-state index contributed by atoms with van der Waals surface area (Å²) >= 11 is 4.40. The number of carbonyl (C=O) groups is 2. The summed E-state index contributed by atoms with van der Waals surface area (Å²) in [6.07, 6.45) is 0. The standard InChI is InChI=1S/2C11H9IN2O2.Ca/c2*1-14-10(11(15)16)6-9(13-14)7-3-2-4-8(12)5-7;/h2*2-6H,1H3,(H,15,16);/q;;+2/p-2. The summed E-state index contributed by atoms with van der Waals surface area (Å²) in [7, 11) is 3.17. The van der Waals surface area contributed by atoms with E-state index in [0.29, 0.717) is 11.4 Å². The second-order valence-corrected chi connectivity index (χ2v) is 9.16. The first-order valence-corrected chi connectivity index (χ1v) is 11.3. The van der Waals surface area contributed by atoms with Gasteiger partial charge in [-0.15, -0.1) is 0 Å². The fourth-order valence-electron chi connectivity index (χ4n) is 2.89. The zero-order valence-corrected chi connectivity index (χ0v) is 24.2. The Balaban J connectivity index is 0.000000227. The first-order valence-electron chi connectivity index (χ1n) is 9.18. The fourth-order valence-corrected chi connectivity index (χ4v) is 3.98. The summed E-state index contributed by atoms with van der Waals surface area (Å²) in [6.45, 7) is 0. The van der Waals surface area contributed by atoms with Crippen molar-refractivity contribution in [1.29, 1.82) is 0 Å². The van der Waals surface area contributed by atoms with E-state index in [0.717, 1.165) is 18.3 Å². The molecule has 0 bridgehead atoms. The minimum Gasteiger partial charge on any atom is -0.543 e. The third-order valence-electron chi connectivity index (χ3n) is 4.42. The second-order valence-electron chi connectivity index (χ2n) is 6.67. The van der Waals surface area contributed by atoms with Gasteiger partial charge in [-0.2, -0.15) is 10.2 Å². The van der Waals surface area contributed by atoms with Crippen molar-refractivity contribution in [3.8, 4) is 22.5 Å². The number of hydrogen-bond donors (Lipinski definition) is 0. The molecule has 0 saturated carbocycles. The van der Waals surface area contributed by atoms with Crippen LogP contribution in [0.5, 0.6) is 0 Å². The summed E-state index contributed by atoms with van der Waals surface area (Å²) < 4.78 is 4.78. The van der Waals surface area contributed by atoms with Crippen LogP contribution in [0, 0.1) is 7.14 Å². The Morgan fingerprint density at radius 2 is 1.09 bits per heavy atom. The van der Waals surface area contributed by atoms with Gasteiger partial charge in [0.25, 0.3) is 0 Å². The maximum absolute atomic E-state index is 10.8. The van der Waals surface area contributed by atoms with Crippen molar-refractivity contribution in [3.63, 3.8) is 0 Å². The molecule has 2 heterocycles. The normalized spacial score (nSPS) is 10.1. The Kier molecular flexibility index (Phi) is 10.3. The van der Waals surface area contributed by atoms with Crippen molar-refractivity contribution < 1.29 is 19.8 Å². The van der Waals surface area contributed by atoms with Crippen molar-refractivity contribution in [3.05, 3.63) is 79.2 Å². The zero-order valence-electron chi connectivity index (χ0n) is 17.7. The van der Waals surface area contributed by atoms with E-state index in [2.05, 4.69) is 55.4 Å². The van der Waals surface area contributed by atoms with Gasteiger partial charge in [-0.25, -0.2) is 0 Å². The van der Waals surface area contributed by atoms with Gasteiger partial charge < -0.3 is 19.8 Å². The van der Waals surface area contributed by atoms with Gasteiger partial charge >= 0.3 is 37.7 Å². The van der Waals surface area contributed by atoms with Crippen molar-refractivity contribution >= 4 is 94.9 Å². The number of aromatic carboxylic acids is 2. The monoisotopic (exact) mass is 694 g/mol. The van der Waals surface area contributed by atoms with E-state index in [9.17, 15) is 19.8 Å². The summed E-state index contributed by atoms with van der Waals surface area (Å²) in [5.41, 5.74) is 3.23. The average Bonchev–Trinajstić information content (AvgIpc) is 3.32. The summed E-state index contributed by atoms with van der Waals surface area (Å²) in [5.74, 6) is -2.43. The molecule has 2 aromatic carbocycles. The van der Waals surface area contributed by atoms with Crippen LogP contribution >= 0.6 is 45.2 Å². The average molecular weight is 694 g/mol. The molecular formula is C22H16CaI2N4O4. The van der Waals surface area contributed by atoms with Crippen molar-refractivity contribution in [2.24, 2.45) is 14.1 Å². The summed E-state index contributed by atoms with van der Waals surface area (Å²) in [4.78, 5) is 21.5. The Labute approximate surface area is 247 Å². The van der Waals surface area contributed by atoms with E-state index >= 15 is 0 Å². The van der Waals surface area contributed by atoms with Crippen LogP contribution in [0.3, 0.4) is 0 Å². The summed E-state index contributed by atoms with van der Waals surface area (Å²) in [5, 5.41) is 29.8. The number of nitrogens with zero attached hydrogens (tertiary/aromatic N) is 4. The van der Waals surface area contributed by atoms with Crippen molar-refractivity contribution in [2.75, 3.05) is 0 Å². The van der Waals surface area contributed by atoms with Crippen LogP contribution in [-0.4, -0.2) is 69.2 Å². The Bertz CT molecular complexity index is 1200. The molecule has 0 saturated heterocycles. The molecule has 4 aromatic rings. The predicted molar refractivity (Wildman–Crippen MR) is 137 cm³/mol. The molecule has 0 aliphatic rings. The van der Waals surface area contributed by atoms with E-state index in [4.69, 9.17) is 0 Å². The van der Waals surface area contributed by atoms with Crippen LogP contribution in [-0.2, 0) is 14.1 Å². The van der Waals surface area contributed by atoms with Crippen LogP contribution in [0.15, 0.2) is 60.7 Å². The van der Waals surface area contributed by atoms with Crippen LogP contribution in [0.25, 0.3) is 22.5 Å². The molecule has 8 nitrogen and oxygen atoms in total. The molecule has 0 aliphatic heterocycles. The molecule has 0 atom stereocenters. The van der Waals surface area contributed by atoms with E-state index in [1.807, 2.05) is 48.5 Å². The molecule has 164 valence electrons. The minimum atomic E-state index is -1.22. The first-order chi connectivity index (χ1) is 15.2. The maximum Gasteiger partial charge on any atom is 2.00 e. The van der Waals surface area contributed by atoms with Gasteiger partial charge in [-0.3, -0.25) is 9.36 Å². The van der Waals surface area contributed by atoms with Crippen LogP contribution < -0.4 is 10.2 Å². The molecule has 0 unspecified atom stereocenters. The van der Waals surface area contributed by atoms with Crippen molar-refractivity contribution in [1.82, 2.24) is 19.6 Å². The van der Waals surface area contributed by atoms with Gasteiger partial charge in [0.15, 0.2) is 0 Å². The Morgan fingerprint density at radius 1 is 0.727 bits per heavy atom. The summed E-state index contributed by atoms with van der Waals surface area (Å²) in [6, 6.07) is 18.5. The topological polar surface area (TPSA) is 116 Å². The van der Waals surface area contributed by atoms with Gasteiger partial charge in [0, 0.05) is 32.4 Å². The third kappa shape index (κ3) is 7.25. The largest absolute Gasteiger partial charge is 2.00 e. The van der Waals surface area contributed by atoms with Crippen LogP contribution in [0.2, 0.25) is 0 Å². The zero-order chi connectivity index (χ0) is 23.4. The smallest absolute Gasteiger partial charge is 0.543 e. The number of carboxylic acid groups (broad SMARTS) is 2. The molecule has 4 rings (SSSR count). The SMILES string of the molecule is Cn1nc(-c2cccc(I)c2)cc1C(=O)[O-].Cn1nc(-c2cccc(I)c2)cc1C(=O)[O-].[Ca+2]. The molecular weight excluding hydrogens is 678 g/mol. The number of rotatable bonds is 4. The molecule has 0 amide bonds. The molecule has 0 N–H and O–H groups in total. The maximum atomic E-state index is 10.8. The molecule has 0 spiro atoms. The van der Waals surface area contributed by atoms with Gasteiger partial charge in [0.1, 0.15) is 0 Å². The van der Waals surface area contributed by atoms with Crippen LogP contribution in [0.4, 0.5) is 0 Å². The van der Waals surface area contributed by atoms with E-state index < -0.39 is 11.9 Å². The molecule has 2 aromatic heterocycles.